The minimum atomic E-state index is -1.42. The first kappa shape index (κ1) is 23.0. The molecule has 4 N–H and O–H groups in total. The zero-order valence-electron chi connectivity index (χ0n) is 17.9. The number of nitrogens with one attached hydrogen (secondary N) is 2. The highest BCUT2D eigenvalue weighted by Gasteiger charge is 2.29. The average molecular weight is 438 g/mol. The maximum Gasteiger partial charge on any atom is 0.407 e. The van der Waals surface area contributed by atoms with Gasteiger partial charge in [0.05, 0.1) is 6.10 Å². The normalized spacial score (nSPS) is 14.7. The lowest BCUT2D eigenvalue weighted by atomic mass is 9.98. The van der Waals surface area contributed by atoms with Gasteiger partial charge in [-0.25, -0.2) is 9.59 Å². The molecule has 0 heterocycles. The summed E-state index contributed by atoms with van der Waals surface area (Å²) in [4.78, 5) is 35.3. The van der Waals surface area contributed by atoms with E-state index in [1.54, 1.807) is 0 Å². The molecule has 8 nitrogen and oxygen atoms in total. The molecule has 1 aliphatic carbocycles. The van der Waals surface area contributed by atoms with Crippen LogP contribution in [-0.4, -0.2) is 53.5 Å². The van der Waals surface area contributed by atoms with E-state index >= 15 is 0 Å². The number of rotatable bonds is 8. The number of carbonyl (C=O) groups is 3. The Balaban J connectivity index is 1.53. The van der Waals surface area contributed by atoms with Crippen LogP contribution in [0.15, 0.2) is 60.2 Å². The summed E-state index contributed by atoms with van der Waals surface area (Å²) in [6.45, 7) is 2.96. The summed E-state index contributed by atoms with van der Waals surface area (Å²) in [5.74, 6) is -2.03. The SMILES string of the molecule is C/C(=C\CNC(=O)OCC1c2ccccc2-c2ccccc21)C(=O)N[C@H](C(=O)O)[C@@H](C)O. The molecule has 2 amide bonds. The predicted octanol–water partition coefficient (Wildman–Crippen LogP) is 2.42. The smallest absolute Gasteiger partial charge is 0.407 e. The number of carboxylic acids is 1. The molecule has 1 aliphatic rings. The van der Waals surface area contributed by atoms with Gasteiger partial charge in [0.2, 0.25) is 5.91 Å². The predicted molar refractivity (Wildman–Crippen MR) is 118 cm³/mol. The zero-order chi connectivity index (χ0) is 23.3. The number of fused-ring (bicyclic) bond motifs is 3. The van der Waals surface area contributed by atoms with Crippen LogP contribution in [0, 0.1) is 0 Å². The van der Waals surface area contributed by atoms with Crippen LogP contribution in [0.5, 0.6) is 0 Å². The molecule has 2 atom stereocenters. The quantitative estimate of drug-likeness (QED) is 0.469. The van der Waals surface area contributed by atoms with Crippen LogP contribution in [0.25, 0.3) is 11.1 Å². The van der Waals surface area contributed by atoms with Crippen molar-refractivity contribution < 1.29 is 29.3 Å². The standard InChI is InChI=1S/C24H26N2O6/c1-14(22(28)26-21(15(2)27)23(29)30)11-12-25-24(31)32-13-20-18-9-5-3-7-16(18)17-8-4-6-10-19(17)20/h3-11,15,20-21,27H,12-13H2,1-2H3,(H,25,31)(H,26,28)(H,29,30)/b14-11+/t15-,21+/m1/s1. The highest BCUT2D eigenvalue weighted by Crippen LogP contribution is 2.44. The Labute approximate surface area is 185 Å². The van der Waals surface area contributed by atoms with Crippen LogP contribution < -0.4 is 10.6 Å². The van der Waals surface area contributed by atoms with E-state index in [2.05, 4.69) is 22.8 Å². The van der Waals surface area contributed by atoms with Gasteiger partial charge in [-0.15, -0.1) is 0 Å². The van der Waals surface area contributed by atoms with Gasteiger partial charge in [0.15, 0.2) is 6.04 Å². The first-order valence-electron chi connectivity index (χ1n) is 10.3. The molecule has 0 unspecified atom stereocenters. The van der Waals surface area contributed by atoms with Gasteiger partial charge in [-0.05, 0) is 36.1 Å². The van der Waals surface area contributed by atoms with Crippen LogP contribution >= 0.6 is 0 Å². The molecule has 2 aromatic rings. The van der Waals surface area contributed by atoms with E-state index in [4.69, 9.17) is 9.84 Å². The third-order valence-electron chi connectivity index (χ3n) is 5.39. The summed E-state index contributed by atoms with van der Waals surface area (Å²) >= 11 is 0. The van der Waals surface area contributed by atoms with E-state index in [0.29, 0.717) is 0 Å². The van der Waals surface area contributed by atoms with Crippen molar-refractivity contribution in [3.63, 3.8) is 0 Å². The molecule has 32 heavy (non-hydrogen) atoms. The molecule has 2 aromatic carbocycles. The van der Waals surface area contributed by atoms with Crippen LogP contribution in [0.4, 0.5) is 4.79 Å². The molecule has 0 bridgehead atoms. The number of ether oxygens (including phenoxy) is 1. The monoisotopic (exact) mass is 438 g/mol. The van der Waals surface area contributed by atoms with Crippen LogP contribution in [0.3, 0.4) is 0 Å². The minimum absolute atomic E-state index is 0.0301. The number of aliphatic hydroxyl groups excluding tert-OH is 1. The van der Waals surface area contributed by atoms with E-state index < -0.39 is 30.1 Å². The Hall–Kier alpha value is -3.65. The fourth-order valence-corrected chi connectivity index (χ4v) is 3.67. The largest absolute Gasteiger partial charge is 0.480 e. The molecular formula is C24H26N2O6. The van der Waals surface area contributed by atoms with Gasteiger partial charge in [-0.1, -0.05) is 54.6 Å². The lowest BCUT2D eigenvalue weighted by Gasteiger charge is -2.17. The molecule has 3 rings (SSSR count). The first-order valence-corrected chi connectivity index (χ1v) is 10.3. The molecule has 0 aromatic heterocycles. The maximum atomic E-state index is 12.2. The Morgan fingerprint density at radius 1 is 1.06 bits per heavy atom. The van der Waals surface area contributed by atoms with Gasteiger partial charge in [-0.2, -0.15) is 0 Å². The summed E-state index contributed by atoms with van der Waals surface area (Å²) in [6.07, 6.45) is -0.426. The minimum Gasteiger partial charge on any atom is -0.480 e. The van der Waals surface area contributed by atoms with Gasteiger partial charge in [0.25, 0.3) is 0 Å². The maximum absolute atomic E-state index is 12.2. The van der Waals surface area contributed by atoms with E-state index in [1.165, 1.54) is 19.9 Å². The topological polar surface area (TPSA) is 125 Å². The number of hydrogen-bond donors (Lipinski definition) is 4. The Kier molecular flexibility index (Phi) is 7.27. The molecule has 0 aliphatic heterocycles. The van der Waals surface area contributed by atoms with Crippen molar-refractivity contribution in [1.82, 2.24) is 10.6 Å². The number of amides is 2. The second kappa shape index (κ2) is 10.1. The van der Waals surface area contributed by atoms with E-state index in [0.717, 1.165) is 22.3 Å². The summed E-state index contributed by atoms with van der Waals surface area (Å²) in [7, 11) is 0. The average Bonchev–Trinajstić information content (AvgIpc) is 3.09. The summed E-state index contributed by atoms with van der Waals surface area (Å²) in [5, 5.41) is 23.3. The van der Waals surface area contributed by atoms with Crippen molar-refractivity contribution in [2.45, 2.75) is 31.9 Å². The first-order chi connectivity index (χ1) is 15.3. The van der Waals surface area contributed by atoms with Crippen LogP contribution in [0.2, 0.25) is 0 Å². The molecule has 8 heteroatoms. The molecule has 0 spiro atoms. The lowest BCUT2D eigenvalue weighted by molar-refractivity contribution is -0.144. The van der Waals surface area contributed by atoms with E-state index in [1.807, 2.05) is 36.4 Å². The number of benzene rings is 2. The molecule has 168 valence electrons. The summed E-state index contributed by atoms with van der Waals surface area (Å²) in [6, 6.07) is 14.6. The van der Waals surface area contributed by atoms with Crippen molar-refractivity contribution in [3.8, 4) is 11.1 Å². The van der Waals surface area contributed by atoms with Gasteiger partial charge < -0.3 is 25.6 Å². The van der Waals surface area contributed by atoms with E-state index in [9.17, 15) is 19.5 Å². The summed E-state index contributed by atoms with van der Waals surface area (Å²) in [5.41, 5.74) is 4.70. The number of alkyl carbamates (subject to hydrolysis) is 1. The fraction of sp³-hybridized carbons (Fsp3) is 0.292. The summed E-state index contributed by atoms with van der Waals surface area (Å²) < 4.78 is 5.42. The molecule has 0 saturated heterocycles. The number of carboxylic acid groups (broad SMARTS) is 1. The Morgan fingerprint density at radius 2 is 1.62 bits per heavy atom. The van der Waals surface area contributed by atoms with Crippen molar-refractivity contribution in [2.24, 2.45) is 0 Å². The zero-order valence-corrected chi connectivity index (χ0v) is 17.9. The molecular weight excluding hydrogens is 412 g/mol. The van der Waals surface area contributed by atoms with Gasteiger partial charge in [0.1, 0.15) is 6.61 Å². The van der Waals surface area contributed by atoms with Gasteiger partial charge in [0, 0.05) is 18.0 Å². The second-order valence-corrected chi connectivity index (χ2v) is 7.62. The Morgan fingerprint density at radius 3 is 2.16 bits per heavy atom. The van der Waals surface area contributed by atoms with Gasteiger partial charge in [-0.3, -0.25) is 4.79 Å². The number of carbonyl (C=O) groups excluding carboxylic acids is 2. The van der Waals surface area contributed by atoms with Crippen molar-refractivity contribution in [2.75, 3.05) is 13.2 Å². The van der Waals surface area contributed by atoms with Crippen LogP contribution in [-0.2, 0) is 14.3 Å². The second-order valence-electron chi connectivity index (χ2n) is 7.62. The molecule has 0 saturated carbocycles. The van der Waals surface area contributed by atoms with Crippen LogP contribution in [0.1, 0.15) is 30.9 Å². The van der Waals surface area contributed by atoms with Crippen molar-refractivity contribution in [3.05, 3.63) is 71.3 Å². The number of hydrogen-bond acceptors (Lipinski definition) is 5. The molecule has 0 radical (unpaired) electrons. The Bertz CT molecular complexity index is 1000. The molecule has 0 fully saturated rings. The van der Waals surface area contributed by atoms with Crippen molar-refractivity contribution in [1.29, 1.82) is 0 Å². The number of aliphatic carboxylic acids is 1. The third-order valence-corrected chi connectivity index (χ3v) is 5.39. The van der Waals surface area contributed by atoms with Crippen molar-refractivity contribution >= 4 is 18.0 Å². The fourth-order valence-electron chi connectivity index (χ4n) is 3.67. The highest BCUT2D eigenvalue weighted by molar-refractivity contribution is 5.95. The number of aliphatic hydroxyl groups is 1. The highest BCUT2D eigenvalue weighted by atomic mass is 16.5. The lowest BCUT2D eigenvalue weighted by Crippen LogP contribution is -2.47. The van der Waals surface area contributed by atoms with E-state index in [-0.39, 0.29) is 24.6 Å². The third kappa shape index (κ3) is 5.15. The van der Waals surface area contributed by atoms with Gasteiger partial charge >= 0.3 is 12.1 Å².